The van der Waals surface area contributed by atoms with E-state index in [0.717, 1.165) is 4.88 Å². The van der Waals surface area contributed by atoms with Crippen LogP contribution in [0.1, 0.15) is 17.7 Å². The van der Waals surface area contributed by atoms with Crippen LogP contribution in [0.15, 0.2) is 29.3 Å². The molecule has 0 unspecified atom stereocenters. The van der Waals surface area contributed by atoms with Crippen LogP contribution in [-0.4, -0.2) is 63.3 Å². The van der Waals surface area contributed by atoms with Gasteiger partial charge in [-0.2, -0.15) is 0 Å². The summed E-state index contributed by atoms with van der Waals surface area (Å²) in [5, 5.41) is 42.7. The first-order valence-corrected chi connectivity index (χ1v) is 8.12. The summed E-state index contributed by atoms with van der Waals surface area (Å²) in [5.74, 6) is -2.66. The Bertz CT molecular complexity index is 615. The highest BCUT2D eigenvalue weighted by Crippen LogP contribution is 2.35. The van der Waals surface area contributed by atoms with E-state index < -0.39 is 48.8 Å². The third-order valence-electron chi connectivity index (χ3n) is 3.71. The van der Waals surface area contributed by atoms with E-state index in [1.54, 1.807) is 17.5 Å². The quantitative estimate of drug-likeness (QED) is 0.459. The lowest BCUT2D eigenvalue weighted by Crippen LogP contribution is -2.57. The first-order valence-electron chi connectivity index (χ1n) is 7.24. The largest absolute Gasteiger partial charge is 0.478 e. The zero-order valence-electron chi connectivity index (χ0n) is 12.8. The Balaban J connectivity index is 2.45. The number of aliphatic hydroxyl groups is 3. The number of hydrogen-bond acceptors (Lipinski definition) is 7. The lowest BCUT2D eigenvalue weighted by atomic mass is 9.86. The second-order valence-electron chi connectivity index (χ2n) is 5.43. The minimum absolute atomic E-state index is 0.385. The highest BCUT2D eigenvalue weighted by Gasteiger charge is 2.44. The molecule has 1 aromatic rings. The van der Waals surface area contributed by atoms with E-state index in [0.29, 0.717) is 0 Å². The van der Waals surface area contributed by atoms with Crippen molar-refractivity contribution in [1.82, 2.24) is 5.32 Å². The Labute approximate surface area is 142 Å². The van der Waals surface area contributed by atoms with E-state index in [1.165, 1.54) is 24.3 Å². The molecular weight excluding hydrogens is 338 g/mol. The minimum Gasteiger partial charge on any atom is -0.478 e. The van der Waals surface area contributed by atoms with E-state index in [-0.39, 0.29) is 5.76 Å². The zero-order chi connectivity index (χ0) is 17.9. The van der Waals surface area contributed by atoms with Crippen molar-refractivity contribution in [1.29, 1.82) is 0 Å². The topological polar surface area (TPSA) is 136 Å². The van der Waals surface area contributed by atoms with Crippen molar-refractivity contribution in [2.75, 3.05) is 6.61 Å². The molecule has 5 N–H and O–H groups in total. The molecule has 8 nitrogen and oxygen atoms in total. The summed E-state index contributed by atoms with van der Waals surface area (Å²) in [4.78, 5) is 23.7. The monoisotopic (exact) mass is 357 g/mol. The van der Waals surface area contributed by atoms with E-state index in [4.69, 9.17) is 9.84 Å². The molecule has 0 spiro atoms. The van der Waals surface area contributed by atoms with Crippen LogP contribution in [0.4, 0.5) is 0 Å². The third-order valence-corrected chi connectivity index (χ3v) is 4.68. The van der Waals surface area contributed by atoms with Crippen LogP contribution >= 0.6 is 11.3 Å². The molecule has 2 rings (SSSR count). The van der Waals surface area contributed by atoms with Gasteiger partial charge in [0, 0.05) is 17.7 Å². The summed E-state index contributed by atoms with van der Waals surface area (Å²) >= 11 is 1.36. The lowest BCUT2D eigenvalue weighted by Gasteiger charge is -2.39. The van der Waals surface area contributed by atoms with Crippen molar-refractivity contribution >= 4 is 23.2 Å². The second-order valence-corrected chi connectivity index (χ2v) is 6.41. The summed E-state index contributed by atoms with van der Waals surface area (Å²) in [5.41, 5.74) is 0. The molecule has 1 aliphatic rings. The average molecular weight is 357 g/mol. The number of carboxylic acid groups (broad SMARTS) is 1. The number of amides is 1. The number of carbonyl (C=O) groups excluding carboxylic acids is 1. The number of rotatable bonds is 6. The van der Waals surface area contributed by atoms with Gasteiger partial charge in [0.2, 0.25) is 11.7 Å². The fourth-order valence-electron chi connectivity index (χ4n) is 2.61. The maximum Gasteiger partial charge on any atom is 0.370 e. The molecule has 0 saturated carbocycles. The molecule has 9 heteroatoms. The highest BCUT2D eigenvalue weighted by molar-refractivity contribution is 7.10. The number of aliphatic carboxylic acids is 1. The Morgan fingerprint density at radius 3 is 2.62 bits per heavy atom. The van der Waals surface area contributed by atoms with Crippen molar-refractivity contribution in [3.8, 4) is 0 Å². The second kappa shape index (κ2) is 7.75. The van der Waals surface area contributed by atoms with Crippen molar-refractivity contribution in [3.63, 3.8) is 0 Å². The molecule has 5 atom stereocenters. The molecule has 0 aliphatic carbocycles. The molecule has 1 aliphatic heterocycles. The van der Waals surface area contributed by atoms with E-state index in [9.17, 15) is 24.9 Å². The molecule has 0 aromatic carbocycles. The molecule has 132 valence electrons. The number of nitrogens with one attached hydrogen (secondary N) is 1. The number of aliphatic hydroxyl groups excluding tert-OH is 3. The summed E-state index contributed by atoms with van der Waals surface area (Å²) in [6.45, 7) is 0.553. The minimum atomic E-state index is -1.59. The van der Waals surface area contributed by atoms with Crippen LogP contribution in [0.3, 0.4) is 0 Å². The van der Waals surface area contributed by atoms with Crippen molar-refractivity contribution in [3.05, 3.63) is 34.2 Å². The van der Waals surface area contributed by atoms with Crippen LogP contribution in [0, 0.1) is 0 Å². The number of hydrogen-bond donors (Lipinski definition) is 5. The van der Waals surface area contributed by atoms with Gasteiger partial charge in [0.1, 0.15) is 18.3 Å². The molecular formula is C15H19NO7S. The molecule has 0 bridgehead atoms. The lowest BCUT2D eigenvalue weighted by molar-refractivity contribution is -0.146. The Hall–Kier alpha value is -1.94. The van der Waals surface area contributed by atoms with Gasteiger partial charge in [0.25, 0.3) is 0 Å². The van der Waals surface area contributed by atoms with Gasteiger partial charge in [0.15, 0.2) is 0 Å². The third kappa shape index (κ3) is 3.93. The summed E-state index contributed by atoms with van der Waals surface area (Å²) in [7, 11) is 0. The Morgan fingerprint density at radius 2 is 2.12 bits per heavy atom. The molecule has 0 saturated heterocycles. The maximum absolute atomic E-state index is 11.6. The number of thiophene rings is 1. The molecule has 0 fully saturated rings. The normalized spacial score (nSPS) is 26.0. The summed E-state index contributed by atoms with van der Waals surface area (Å²) in [6, 6.07) is 2.75. The summed E-state index contributed by atoms with van der Waals surface area (Å²) < 4.78 is 5.30. The van der Waals surface area contributed by atoms with Crippen LogP contribution < -0.4 is 5.32 Å². The van der Waals surface area contributed by atoms with Crippen molar-refractivity contribution in [2.45, 2.75) is 37.2 Å². The Morgan fingerprint density at radius 1 is 1.42 bits per heavy atom. The predicted octanol–water partition coefficient (Wildman–Crippen LogP) is -0.582. The van der Waals surface area contributed by atoms with E-state index in [1.807, 2.05) is 0 Å². The van der Waals surface area contributed by atoms with Gasteiger partial charge in [-0.15, -0.1) is 11.3 Å². The molecule has 24 heavy (non-hydrogen) atoms. The van der Waals surface area contributed by atoms with Gasteiger partial charge in [-0.3, -0.25) is 4.79 Å². The van der Waals surface area contributed by atoms with Crippen LogP contribution in [0.25, 0.3) is 0 Å². The predicted molar refractivity (Wildman–Crippen MR) is 84.4 cm³/mol. The van der Waals surface area contributed by atoms with Crippen molar-refractivity contribution < 1.29 is 34.8 Å². The fourth-order valence-corrected chi connectivity index (χ4v) is 3.45. The van der Waals surface area contributed by atoms with Gasteiger partial charge in [-0.1, -0.05) is 6.07 Å². The standard InChI is InChI=1S/C15H19NO7S/c1-7(18)16-12-8(11-3-2-4-24-11)5-10(15(21)22)23-14(12)13(20)9(19)6-17/h2-5,8-9,12-14,17,19-20H,6H2,1H3,(H,16,18)(H,21,22)/t8-,9-,12-,13-,14-/m1/s1. The SMILES string of the molecule is CC(=O)N[C@H]1[C@H]([C@H](O)[C@H](O)CO)OC(C(=O)O)=C[C@@H]1c1cccs1. The smallest absolute Gasteiger partial charge is 0.370 e. The first kappa shape index (κ1) is 18.4. The molecule has 1 aromatic heterocycles. The number of ether oxygens (including phenoxy) is 1. The van der Waals surface area contributed by atoms with Gasteiger partial charge >= 0.3 is 5.97 Å². The maximum atomic E-state index is 11.6. The molecule has 2 heterocycles. The van der Waals surface area contributed by atoms with Crippen LogP contribution in [-0.2, 0) is 14.3 Å². The van der Waals surface area contributed by atoms with E-state index in [2.05, 4.69) is 5.32 Å². The zero-order valence-corrected chi connectivity index (χ0v) is 13.6. The summed E-state index contributed by atoms with van der Waals surface area (Å²) in [6.07, 6.45) is -3.00. The average Bonchev–Trinajstić information content (AvgIpc) is 3.07. The highest BCUT2D eigenvalue weighted by atomic mass is 32.1. The Kier molecular flexibility index (Phi) is 5.94. The molecule has 1 amide bonds. The van der Waals surface area contributed by atoms with Gasteiger partial charge in [-0.05, 0) is 17.5 Å². The van der Waals surface area contributed by atoms with Gasteiger partial charge in [-0.25, -0.2) is 4.79 Å². The fraction of sp³-hybridized carbons (Fsp3) is 0.467. The molecule has 0 radical (unpaired) electrons. The van der Waals surface area contributed by atoms with Crippen LogP contribution in [0.5, 0.6) is 0 Å². The van der Waals surface area contributed by atoms with E-state index >= 15 is 0 Å². The number of carboxylic acids is 1. The van der Waals surface area contributed by atoms with Crippen LogP contribution in [0.2, 0.25) is 0 Å². The van der Waals surface area contributed by atoms with Gasteiger partial charge < -0.3 is 30.5 Å². The first-order chi connectivity index (χ1) is 11.3. The number of carbonyl (C=O) groups is 2. The van der Waals surface area contributed by atoms with Crippen molar-refractivity contribution in [2.24, 2.45) is 0 Å². The van der Waals surface area contributed by atoms with Gasteiger partial charge in [0.05, 0.1) is 12.6 Å².